The summed E-state index contributed by atoms with van der Waals surface area (Å²) in [5, 5.41) is 41.7. The number of ketones is 2. The van der Waals surface area contributed by atoms with Crippen LogP contribution in [0.5, 0.6) is 11.5 Å². The number of hydrogen-bond donors (Lipinski definition) is 2. The van der Waals surface area contributed by atoms with Gasteiger partial charge in [0.1, 0.15) is 11.1 Å². The molecule has 25 heavy (non-hydrogen) atoms. The van der Waals surface area contributed by atoms with E-state index in [0.717, 1.165) is 12.1 Å². The van der Waals surface area contributed by atoms with Crippen LogP contribution in [0.3, 0.4) is 0 Å². The van der Waals surface area contributed by atoms with Crippen molar-refractivity contribution in [2.24, 2.45) is 0 Å². The summed E-state index contributed by atoms with van der Waals surface area (Å²) < 4.78 is 0. The Hall–Kier alpha value is -2.90. The van der Waals surface area contributed by atoms with E-state index in [1.165, 1.54) is 6.07 Å². The Morgan fingerprint density at radius 2 is 1.44 bits per heavy atom. The van der Waals surface area contributed by atoms with Gasteiger partial charge < -0.3 is 10.2 Å². The summed E-state index contributed by atoms with van der Waals surface area (Å²) in [5.41, 5.74) is -4.12. The first-order valence-electron chi connectivity index (χ1n) is 6.35. The van der Waals surface area contributed by atoms with Gasteiger partial charge in [-0.3, -0.25) is 29.8 Å². The van der Waals surface area contributed by atoms with Crippen molar-refractivity contribution in [2.75, 3.05) is 0 Å². The van der Waals surface area contributed by atoms with Crippen molar-refractivity contribution in [2.45, 2.75) is 0 Å². The Morgan fingerprint density at radius 3 is 2.00 bits per heavy atom. The minimum atomic E-state index is -1.14. The van der Waals surface area contributed by atoms with E-state index < -0.39 is 61.0 Å². The molecule has 0 aromatic heterocycles. The number of benzene rings is 2. The first-order valence-corrected chi connectivity index (χ1v) is 6.35. The average Bonchev–Trinajstić information content (AvgIpc) is 2.53. The van der Waals surface area contributed by atoms with E-state index in [0.29, 0.717) is 6.07 Å². The Kier molecular flexibility index (Phi) is 4.57. The zero-order valence-corrected chi connectivity index (χ0v) is 15.9. The van der Waals surface area contributed by atoms with Crippen molar-refractivity contribution in [1.82, 2.24) is 0 Å². The van der Waals surface area contributed by atoms with Crippen molar-refractivity contribution in [3.8, 4) is 11.5 Å². The maximum Gasteiger partial charge on any atom is 0.285 e. The fourth-order valence-corrected chi connectivity index (χ4v) is 2.62. The number of nitro benzene ring substituents is 2. The molecule has 0 saturated heterocycles. The van der Waals surface area contributed by atoms with Gasteiger partial charge in [-0.1, -0.05) is 6.07 Å². The Labute approximate surface area is 158 Å². The molecule has 0 bridgehead atoms. The van der Waals surface area contributed by atoms with E-state index in [9.17, 15) is 40.0 Å². The van der Waals surface area contributed by atoms with Crippen molar-refractivity contribution in [3.05, 3.63) is 66.7 Å². The molecule has 2 aromatic carbocycles. The SMILES string of the molecule is O=C1c2c(cccc2[N+](=O)[O-])C(=O)c2c(O)c(O)cc([N+](=O)[O-])c21.[Pb]. The quantitative estimate of drug-likeness (QED) is 0.214. The standard InChI is InChI=1S/C14H6N2O8.Pb/c17-8-4-7(16(23)24)10-11(13(8)19)12(18)5-2-1-3-6(15(21)22)9(5)14(10)20;/h1-4,17,19H;. The molecule has 10 nitrogen and oxygen atoms in total. The average molecular weight is 537 g/mol. The second-order valence-corrected chi connectivity index (χ2v) is 4.89. The minimum Gasteiger partial charge on any atom is -0.504 e. The molecule has 0 atom stereocenters. The molecule has 2 N–H and O–H groups in total. The van der Waals surface area contributed by atoms with Gasteiger partial charge in [-0.05, 0) is 6.07 Å². The van der Waals surface area contributed by atoms with Crippen molar-refractivity contribution in [3.63, 3.8) is 0 Å². The summed E-state index contributed by atoms with van der Waals surface area (Å²) in [6.07, 6.45) is 0. The largest absolute Gasteiger partial charge is 0.504 e. The summed E-state index contributed by atoms with van der Waals surface area (Å²) in [7, 11) is 0. The molecule has 0 saturated carbocycles. The predicted molar refractivity (Wildman–Crippen MR) is 82.1 cm³/mol. The molecular weight excluding hydrogens is 531 g/mol. The van der Waals surface area contributed by atoms with Gasteiger partial charge in [-0.2, -0.15) is 0 Å². The molecule has 3 rings (SSSR count). The molecule has 2 aromatic rings. The van der Waals surface area contributed by atoms with Crippen LogP contribution in [0, 0.1) is 20.2 Å². The summed E-state index contributed by atoms with van der Waals surface area (Å²) in [6.45, 7) is 0. The van der Waals surface area contributed by atoms with E-state index in [1.54, 1.807) is 0 Å². The third kappa shape index (κ3) is 2.54. The Balaban J connectivity index is 0.00000225. The Bertz CT molecular complexity index is 985. The van der Waals surface area contributed by atoms with Crippen LogP contribution in [0.15, 0.2) is 24.3 Å². The van der Waals surface area contributed by atoms with Crippen molar-refractivity contribution in [1.29, 1.82) is 0 Å². The smallest absolute Gasteiger partial charge is 0.285 e. The van der Waals surface area contributed by atoms with Crippen LogP contribution in [-0.4, -0.2) is 58.9 Å². The minimum absolute atomic E-state index is 0. The topological polar surface area (TPSA) is 161 Å². The molecule has 0 fully saturated rings. The summed E-state index contributed by atoms with van der Waals surface area (Å²) in [4.78, 5) is 45.4. The van der Waals surface area contributed by atoms with Crippen LogP contribution in [-0.2, 0) is 0 Å². The van der Waals surface area contributed by atoms with Crippen LogP contribution in [0.4, 0.5) is 11.4 Å². The molecule has 1 aliphatic rings. The van der Waals surface area contributed by atoms with Crippen molar-refractivity contribution < 1.29 is 29.6 Å². The molecule has 4 radical (unpaired) electrons. The summed E-state index contributed by atoms with van der Waals surface area (Å²) in [5.74, 6) is -4.12. The number of hydrogen-bond acceptors (Lipinski definition) is 8. The molecule has 0 unspecified atom stereocenters. The number of fused-ring (bicyclic) bond motifs is 2. The second-order valence-electron chi connectivity index (χ2n) is 4.89. The van der Waals surface area contributed by atoms with E-state index in [1.807, 2.05) is 0 Å². The number of nitro groups is 2. The third-order valence-corrected chi connectivity index (χ3v) is 3.62. The molecule has 11 heteroatoms. The molecule has 0 aliphatic heterocycles. The number of phenols is 2. The van der Waals surface area contributed by atoms with Gasteiger partial charge in [-0.25, -0.2) is 0 Å². The molecule has 124 valence electrons. The van der Waals surface area contributed by atoms with Gasteiger partial charge >= 0.3 is 0 Å². The maximum atomic E-state index is 12.6. The third-order valence-electron chi connectivity index (χ3n) is 3.62. The maximum absolute atomic E-state index is 12.6. The van der Waals surface area contributed by atoms with Crippen LogP contribution < -0.4 is 0 Å². The molecule has 0 spiro atoms. The fourth-order valence-electron chi connectivity index (χ4n) is 2.62. The van der Waals surface area contributed by atoms with E-state index in [2.05, 4.69) is 0 Å². The van der Waals surface area contributed by atoms with Gasteiger partial charge in [0.15, 0.2) is 17.3 Å². The van der Waals surface area contributed by atoms with Crippen LogP contribution >= 0.6 is 0 Å². The zero-order chi connectivity index (χ0) is 17.8. The number of nitrogens with zero attached hydrogens (tertiary/aromatic N) is 2. The van der Waals surface area contributed by atoms with E-state index >= 15 is 0 Å². The summed E-state index contributed by atoms with van der Waals surface area (Å²) >= 11 is 0. The zero-order valence-electron chi connectivity index (χ0n) is 12.0. The van der Waals surface area contributed by atoms with Gasteiger partial charge in [0.25, 0.3) is 11.4 Å². The van der Waals surface area contributed by atoms with Crippen molar-refractivity contribution >= 4 is 50.2 Å². The molecular formula is C14H6N2O8Pb. The Morgan fingerprint density at radius 1 is 0.840 bits per heavy atom. The van der Waals surface area contributed by atoms with E-state index in [4.69, 9.17) is 0 Å². The van der Waals surface area contributed by atoms with Gasteiger partial charge in [0.05, 0.1) is 21.5 Å². The monoisotopic (exact) mass is 538 g/mol. The first kappa shape index (κ1) is 18.4. The van der Waals surface area contributed by atoms with Gasteiger partial charge in [-0.15, -0.1) is 0 Å². The second kappa shape index (κ2) is 6.19. The number of aromatic hydroxyl groups is 2. The number of rotatable bonds is 2. The van der Waals surface area contributed by atoms with Gasteiger partial charge in [0, 0.05) is 38.9 Å². The normalized spacial score (nSPS) is 12.0. The fraction of sp³-hybridized carbons (Fsp3) is 0. The van der Waals surface area contributed by atoms with Gasteiger partial charge in [0.2, 0.25) is 5.78 Å². The summed E-state index contributed by atoms with van der Waals surface area (Å²) in [6, 6.07) is 3.79. The number of carbonyl (C=O) groups is 2. The molecule has 0 amide bonds. The van der Waals surface area contributed by atoms with Crippen LogP contribution in [0.1, 0.15) is 31.8 Å². The first-order chi connectivity index (χ1) is 11.3. The van der Waals surface area contributed by atoms with E-state index in [-0.39, 0.29) is 32.9 Å². The van der Waals surface area contributed by atoms with Crippen LogP contribution in [0.25, 0.3) is 0 Å². The number of phenolic OH excluding ortho intramolecular Hbond substituents is 2. The predicted octanol–water partition coefficient (Wildman–Crippen LogP) is 1.31. The number of carbonyl (C=O) groups excluding carboxylic acids is 2. The molecule has 1 aliphatic carbocycles. The molecule has 0 heterocycles. The van der Waals surface area contributed by atoms with Crippen LogP contribution in [0.2, 0.25) is 0 Å².